The minimum absolute atomic E-state index is 0.614. The van der Waals surface area contributed by atoms with Crippen LogP contribution in [0, 0.1) is 0 Å². The molecule has 1 aliphatic rings. The van der Waals surface area contributed by atoms with E-state index in [0.717, 1.165) is 11.7 Å². The molecule has 1 fully saturated rings. The number of aryl methyl sites for hydroxylation is 2. The summed E-state index contributed by atoms with van der Waals surface area (Å²) in [6, 6.07) is 0.614. The van der Waals surface area contributed by atoms with Crippen molar-refractivity contribution in [1.82, 2.24) is 14.9 Å². The minimum Gasteiger partial charge on any atom is -0.338 e. The highest BCUT2D eigenvalue weighted by Crippen LogP contribution is 2.28. The minimum atomic E-state index is 0.614. The van der Waals surface area contributed by atoms with Crippen molar-refractivity contribution in [1.29, 1.82) is 0 Å². The SMILES string of the molecule is CNC(CCc1nccn1C)CSC1CCCCC1. The topological polar surface area (TPSA) is 29.9 Å². The Bertz CT molecular complexity index is 358. The molecule has 3 nitrogen and oxygen atoms in total. The summed E-state index contributed by atoms with van der Waals surface area (Å²) in [5.41, 5.74) is 0. The first-order chi connectivity index (χ1) is 9.29. The molecule has 0 bridgehead atoms. The van der Waals surface area contributed by atoms with Gasteiger partial charge in [0.15, 0.2) is 0 Å². The van der Waals surface area contributed by atoms with Crippen LogP contribution >= 0.6 is 11.8 Å². The van der Waals surface area contributed by atoms with Crippen LogP contribution < -0.4 is 5.32 Å². The monoisotopic (exact) mass is 281 g/mol. The van der Waals surface area contributed by atoms with Crippen LogP contribution in [0.25, 0.3) is 0 Å². The van der Waals surface area contributed by atoms with Crippen LogP contribution in [0.2, 0.25) is 0 Å². The Morgan fingerprint density at radius 1 is 1.42 bits per heavy atom. The summed E-state index contributed by atoms with van der Waals surface area (Å²) >= 11 is 2.18. The van der Waals surface area contributed by atoms with Crippen molar-refractivity contribution in [3.05, 3.63) is 18.2 Å². The molecular weight excluding hydrogens is 254 g/mol. The van der Waals surface area contributed by atoms with E-state index in [2.05, 4.69) is 40.7 Å². The predicted octanol–water partition coefficient (Wildman–Crippen LogP) is 3.01. The zero-order valence-electron chi connectivity index (χ0n) is 12.3. The summed E-state index contributed by atoms with van der Waals surface area (Å²) in [4.78, 5) is 4.40. The van der Waals surface area contributed by atoms with Gasteiger partial charge in [0, 0.05) is 42.9 Å². The molecule has 19 heavy (non-hydrogen) atoms. The van der Waals surface area contributed by atoms with Gasteiger partial charge in [-0.3, -0.25) is 0 Å². The van der Waals surface area contributed by atoms with Crippen molar-refractivity contribution >= 4 is 11.8 Å². The lowest BCUT2D eigenvalue weighted by Gasteiger charge is -2.23. The van der Waals surface area contributed by atoms with Gasteiger partial charge in [0.25, 0.3) is 0 Å². The molecule has 1 heterocycles. The van der Waals surface area contributed by atoms with Gasteiger partial charge in [-0.2, -0.15) is 11.8 Å². The van der Waals surface area contributed by atoms with Crippen LogP contribution in [0.4, 0.5) is 0 Å². The molecule has 0 aliphatic heterocycles. The van der Waals surface area contributed by atoms with Crippen LogP contribution in [-0.4, -0.2) is 33.6 Å². The number of hydrogen-bond acceptors (Lipinski definition) is 3. The molecule has 1 aromatic heterocycles. The number of rotatable bonds is 7. The normalized spacial score (nSPS) is 18.6. The number of nitrogens with one attached hydrogen (secondary N) is 1. The standard InChI is InChI=1S/C15H27N3S/c1-16-13(8-9-15-17-10-11-18(15)2)12-19-14-6-4-3-5-7-14/h10-11,13-14,16H,3-9,12H2,1-2H3. The summed E-state index contributed by atoms with van der Waals surface area (Å²) in [7, 11) is 4.16. The lowest BCUT2D eigenvalue weighted by atomic mass is 10.0. The fourth-order valence-electron chi connectivity index (χ4n) is 2.74. The highest BCUT2D eigenvalue weighted by atomic mass is 32.2. The van der Waals surface area contributed by atoms with E-state index in [1.165, 1.54) is 50.1 Å². The second-order valence-electron chi connectivity index (χ2n) is 5.57. The molecule has 1 aliphatic carbocycles. The van der Waals surface area contributed by atoms with Gasteiger partial charge in [0.2, 0.25) is 0 Å². The first-order valence-corrected chi connectivity index (χ1v) is 8.59. The van der Waals surface area contributed by atoms with Crippen molar-refractivity contribution in [3.8, 4) is 0 Å². The molecule has 4 heteroatoms. The van der Waals surface area contributed by atoms with Crippen molar-refractivity contribution in [2.45, 2.75) is 56.2 Å². The van der Waals surface area contributed by atoms with Gasteiger partial charge in [-0.05, 0) is 26.3 Å². The third kappa shape index (κ3) is 4.84. The van der Waals surface area contributed by atoms with Gasteiger partial charge in [0.1, 0.15) is 5.82 Å². The molecule has 0 amide bonds. The second-order valence-corrected chi connectivity index (χ2v) is 6.91. The fourth-order valence-corrected chi connectivity index (χ4v) is 4.24. The average Bonchev–Trinajstić information content (AvgIpc) is 2.86. The molecule has 1 N–H and O–H groups in total. The molecular formula is C15H27N3S. The maximum absolute atomic E-state index is 4.40. The molecule has 1 atom stereocenters. The Labute approximate surface area is 121 Å². The summed E-state index contributed by atoms with van der Waals surface area (Å²) in [5, 5.41) is 4.38. The largest absolute Gasteiger partial charge is 0.338 e. The molecule has 0 saturated heterocycles. The van der Waals surface area contributed by atoms with Gasteiger partial charge < -0.3 is 9.88 Å². The highest BCUT2D eigenvalue weighted by Gasteiger charge is 2.16. The Kier molecular flexibility index (Phi) is 6.24. The predicted molar refractivity (Wildman–Crippen MR) is 83.7 cm³/mol. The van der Waals surface area contributed by atoms with Crippen LogP contribution in [0.5, 0.6) is 0 Å². The molecule has 1 unspecified atom stereocenters. The molecule has 1 aromatic rings. The smallest absolute Gasteiger partial charge is 0.108 e. The van der Waals surface area contributed by atoms with Crippen LogP contribution in [0.3, 0.4) is 0 Å². The quantitative estimate of drug-likeness (QED) is 0.833. The van der Waals surface area contributed by atoms with Crippen molar-refractivity contribution in [3.63, 3.8) is 0 Å². The van der Waals surface area contributed by atoms with Crippen LogP contribution in [-0.2, 0) is 13.5 Å². The Morgan fingerprint density at radius 3 is 2.84 bits per heavy atom. The molecule has 2 rings (SSSR count). The Hall–Kier alpha value is -0.480. The number of aromatic nitrogens is 2. The molecule has 1 saturated carbocycles. The number of hydrogen-bond donors (Lipinski definition) is 1. The first kappa shape index (κ1) is 14.9. The van der Waals surface area contributed by atoms with Gasteiger partial charge in [-0.25, -0.2) is 4.98 Å². The summed E-state index contributed by atoms with van der Waals surface area (Å²) in [6.07, 6.45) is 13.4. The first-order valence-electron chi connectivity index (χ1n) is 7.54. The van der Waals surface area contributed by atoms with Gasteiger partial charge in [-0.1, -0.05) is 19.3 Å². The van der Waals surface area contributed by atoms with E-state index in [1.54, 1.807) is 0 Å². The third-order valence-electron chi connectivity index (χ3n) is 4.13. The zero-order chi connectivity index (χ0) is 13.5. The van der Waals surface area contributed by atoms with Crippen molar-refractivity contribution < 1.29 is 0 Å². The van der Waals surface area contributed by atoms with Crippen molar-refractivity contribution in [2.24, 2.45) is 7.05 Å². The van der Waals surface area contributed by atoms with Gasteiger partial charge in [0.05, 0.1) is 0 Å². The van der Waals surface area contributed by atoms with E-state index in [9.17, 15) is 0 Å². The fraction of sp³-hybridized carbons (Fsp3) is 0.800. The molecule has 0 aromatic carbocycles. The average molecular weight is 281 g/mol. The second kappa shape index (κ2) is 7.95. The van der Waals surface area contributed by atoms with E-state index in [0.29, 0.717) is 6.04 Å². The van der Waals surface area contributed by atoms with E-state index in [1.807, 2.05) is 12.4 Å². The Morgan fingerprint density at radius 2 is 2.21 bits per heavy atom. The maximum Gasteiger partial charge on any atom is 0.108 e. The summed E-state index contributed by atoms with van der Waals surface area (Å²) in [6.45, 7) is 0. The number of nitrogens with zero attached hydrogens (tertiary/aromatic N) is 2. The summed E-state index contributed by atoms with van der Waals surface area (Å²) < 4.78 is 2.13. The Balaban J connectivity index is 1.69. The van der Waals surface area contributed by atoms with Crippen molar-refractivity contribution in [2.75, 3.05) is 12.8 Å². The highest BCUT2D eigenvalue weighted by molar-refractivity contribution is 7.99. The lowest BCUT2D eigenvalue weighted by Crippen LogP contribution is -2.29. The maximum atomic E-state index is 4.40. The molecule has 0 spiro atoms. The van der Waals surface area contributed by atoms with E-state index in [4.69, 9.17) is 0 Å². The number of imidazole rings is 1. The zero-order valence-corrected chi connectivity index (χ0v) is 13.1. The van der Waals surface area contributed by atoms with Gasteiger partial charge in [-0.15, -0.1) is 0 Å². The van der Waals surface area contributed by atoms with E-state index >= 15 is 0 Å². The molecule has 0 radical (unpaired) electrons. The number of thioether (sulfide) groups is 1. The van der Waals surface area contributed by atoms with Crippen LogP contribution in [0.15, 0.2) is 12.4 Å². The van der Waals surface area contributed by atoms with E-state index in [-0.39, 0.29) is 0 Å². The molecule has 108 valence electrons. The summed E-state index contributed by atoms with van der Waals surface area (Å²) in [5.74, 6) is 2.44. The lowest BCUT2D eigenvalue weighted by molar-refractivity contribution is 0.512. The van der Waals surface area contributed by atoms with Gasteiger partial charge >= 0.3 is 0 Å². The van der Waals surface area contributed by atoms with E-state index < -0.39 is 0 Å². The third-order valence-corrected chi connectivity index (χ3v) is 5.67. The van der Waals surface area contributed by atoms with Crippen LogP contribution in [0.1, 0.15) is 44.3 Å².